The molecule has 0 unspecified atom stereocenters. The lowest BCUT2D eigenvalue weighted by atomic mass is 10.3. The number of hydrogen-bond acceptors (Lipinski definition) is 4. The lowest BCUT2D eigenvalue weighted by Crippen LogP contribution is -2.16. The third-order valence-corrected chi connectivity index (χ3v) is 4.00. The van der Waals surface area contributed by atoms with Gasteiger partial charge in [-0.25, -0.2) is 4.98 Å². The molecular weight excluding hydrogens is 304 g/mol. The van der Waals surface area contributed by atoms with Crippen LogP contribution in [0.1, 0.15) is 31.4 Å². The van der Waals surface area contributed by atoms with Crippen LogP contribution in [0.15, 0.2) is 24.3 Å². The molecule has 3 aromatic rings. The predicted octanol–water partition coefficient (Wildman–Crippen LogP) is 2.45. The second kappa shape index (κ2) is 6.82. The molecule has 2 heterocycles. The third kappa shape index (κ3) is 3.29. The summed E-state index contributed by atoms with van der Waals surface area (Å²) < 4.78 is 3.77. The molecule has 0 atom stereocenters. The fraction of sp³-hybridized carbons (Fsp3) is 0.412. The van der Waals surface area contributed by atoms with E-state index in [1.807, 2.05) is 31.2 Å². The standard InChI is InChI=1S/C17H22N6O/c1-4-7-15-19-13-8-5-6-9-14(13)23(15)11-10-16(24)20-17-18-12(2)22(3)21-17/h5-6,8-9H,4,7,10-11H2,1-3H3,(H,20,21,24). The van der Waals surface area contributed by atoms with E-state index in [1.54, 1.807) is 11.7 Å². The van der Waals surface area contributed by atoms with Gasteiger partial charge in [0.15, 0.2) is 0 Å². The molecule has 1 amide bonds. The van der Waals surface area contributed by atoms with Crippen LogP contribution in [-0.2, 0) is 24.8 Å². The second-order valence-corrected chi connectivity index (χ2v) is 5.82. The van der Waals surface area contributed by atoms with E-state index in [0.717, 1.165) is 35.5 Å². The summed E-state index contributed by atoms with van der Waals surface area (Å²) in [6.45, 7) is 4.57. The van der Waals surface area contributed by atoms with E-state index in [9.17, 15) is 4.79 Å². The van der Waals surface area contributed by atoms with Crippen LogP contribution in [0.4, 0.5) is 5.95 Å². The highest BCUT2D eigenvalue weighted by Gasteiger charge is 2.12. The Morgan fingerprint density at radius 3 is 2.75 bits per heavy atom. The summed E-state index contributed by atoms with van der Waals surface area (Å²) >= 11 is 0. The lowest BCUT2D eigenvalue weighted by Gasteiger charge is -2.08. The van der Waals surface area contributed by atoms with Crippen LogP contribution < -0.4 is 5.32 Å². The number of fused-ring (bicyclic) bond motifs is 1. The van der Waals surface area contributed by atoms with Gasteiger partial charge < -0.3 is 4.57 Å². The van der Waals surface area contributed by atoms with E-state index >= 15 is 0 Å². The monoisotopic (exact) mass is 326 g/mol. The summed E-state index contributed by atoms with van der Waals surface area (Å²) in [6, 6.07) is 8.03. The molecular formula is C17H22N6O. The lowest BCUT2D eigenvalue weighted by molar-refractivity contribution is -0.116. The van der Waals surface area contributed by atoms with E-state index in [1.165, 1.54) is 0 Å². The van der Waals surface area contributed by atoms with Crippen LogP contribution in [0, 0.1) is 6.92 Å². The zero-order chi connectivity index (χ0) is 17.1. The van der Waals surface area contributed by atoms with Crippen LogP contribution in [-0.4, -0.2) is 30.2 Å². The van der Waals surface area contributed by atoms with E-state index in [-0.39, 0.29) is 5.91 Å². The number of nitrogens with zero attached hydrogens (tertiary/aromatic N) is 5. The molecule has 0 saturated carbocycles. The Morgan fingerprint density at radius 2 is 2.04 bits per heavy atom. The molecule has 0 spiro atoms. The molecule has 0 aliphatic heterocycles. The summed E-state index contributed by atoms with van der Waals surface area (Å²) in [4.78, 5) is 21.1. The van der Waals surface area contributed by atoms with Gasteiger partial charge in [-0.05, 0) is 25.5 Å². The number of carbonyl (C=O) groups excluding carboxylic acids is 1. The zero-order valence-corrected chi connectivity index (χ0v) is 14.3. The number of aromatic nitrogens is 5. The fourth-order valence-electron chi connectivity index (χ4n) is 2.71. The number of benzene rings is 1. The van der Waals surface area contributed by atoms with Crippen LogP contribution in [0.25, 0.3) is 11.0 Å². The first-order valence-corrected chi connectivity index (χ1v) is 8.20. The van der Waals surface area contributed by atoms with E-state index < -0.39 is 0 Å². The summed E-state index contributed by atoms with van der Waals surface area (Å²) in [5, 5.41) is 6.90. The molecule has 126 valence electrons. The van der Waals surface area contributed by atoms with Gasteiger partial charge in [-0.2, -0.15) is 4.98 Å². The highest BCUT2D eigenvalue weighted by atomic mass is 16.1. The average molecular weight is 326 g/mol. The van der Waals surface area contributed by atoms with Crippen molar-refractivity contribution in [3.05, 3.63) is 35.9 Å². The van der Waals surface area contributed by atoms with E-state index in [2.05, 4.69) is 31.9 Å². The number of carbonyl (C=O) groups is 1. The van der Waals surface area contributed by atoms with Gasteiger partial charge in [-0.3, -0.25) is 14.8 Å². The summed E-state index contributed by atoms with van der Waals surface area (Å²) in [5.41, 5.74) is 2.05. The number of anilines is 1. The number of rotatable bonds is 6. The van der Waals surface area contributed by atoms with Gasteiger partial charge in [0.05, 0.1) is 11.0 Å². The Morgan fingerprint density at radius 1 is 1.25 bits per heavy atom. The van der Waals surface area contributed by atoms with Crippen molar-refractivity contribution >= 4 is 22.9 Å². The molecule has 0 fully saturated rings. The van der Waals surface area contributed by atoms with Crippen LogP contribution in [0.2, 0.25) is 0 Å². The van der Waals surface area contributed by atoms with Crippen LogP contribution in [0.5, 0.6) is 0 Å². The van der Waals surface area contributed by atoms with Crippen molar-refractivity contribution in [2.24, 2.45) is 7.05 Å². The molecule has 1 N–H and O–H groups in total. The number of imidazole rings is 1. The Hall–Kier alpha value is -2.70. The number of nitrogens with one attached hydrogen (secondary N) is 1. The van der Waals surface area contributed by atoms with Crippen LogP contribution in [0.3, 0.4) is 0 Å². The molecule has 2 aromatic heterocycles. The number of amides is 1. The first kappa shape index (κ1) is 16.2. The normalized spacial score (nSPS) is 11.1. The van der Waals surface area contributed by atoms with Crippen molar-refractivity contribution in [3.8, 4) is 0 Å². The minimum Gasteiger partial charge on any atom is -0.327 e. The van der Waals surface area contributed by atoms with Crippen LogP contribution >= 0.6 is 0 Å². The molecule has 0 aliphatic rings. The highest BCUT2D eigenvalue weighted by molar-refractivity contribution is 5.89. The maximum atomic E-state index is 12.2. The second-order valence-electron chi connectivity index (χ2n) is 5.82. The number of para-hydroxylation sites is 2. The van der Waals surface area contributed by atoms with Gasteiger partial charge in [0.1, 0.15) is 11.6 Å². The Labute approximate surface area is 140 Å². The highest BCUT2D eigenvalue weighted by Crippen LogP contribution is 2.17. The Balaban J connectivity index is 1.72. The first-order valence-electron chi connectivity index (χ1n) is 8.20. The molecule has 3 rings (SSSR count). The van der Waals surface area contributed by atoms with Crippen molar-refractivity contribution in [2.45, 2.75) is 39.7 Å². The quantitative estimate of drug-likeness (QED) is 0.755. The fourth-order valence-corrected chi connectivity index (χ4v) is 2.71. The number of aryl methyl sites for hydroxylation is 4. The summed E-state index contributed by atoms with van der Waals surface area (Å²) in [5.74, 6) is 2.04. The third-order valence-electron chi connectivity index (χ3n) is 4.00. The largest absolute Gasteiger partial charge is 0.327 e. The van der Waals surface area contributed by atoms with E-state index in [4.69, 9.17) is 0 Å². The topological polar surface area (TPSA) is 77.6 Å². The molecule has 0 saturated heterocycles. The van der Waals surface area contributed by atoms with Crippen molar-refractivity contribution in [2.75, 3.05) is 5.32 Å². The average Bonchev–Trinajstić information content (AvgIpc) is 3.05. The predicted molar refractivity (Wildman–Crippen MR) is 92.7 cm³/mol. The SMILES string of the molecule is CCCc1nc2ccccc2n1CCC(=O)Nc1nc(C)n(C)n1. The Kier molecular flexibility index (Phi) is 4.59. The molecule has 7 heteroatoms. The molecule has 24 heavy (non-hydrogen) atoms. The van der Waals surface area contributed by atoms with Gasteiger partial charge in [0.2, 0.25) is 11.9 Å². The van der Waals surface area contributed by atoms with Gasteiger partial charge in [0, 0.05) is 26.4 Å². The van der Waals surface area contributed by atoms with Crippen molar-refractivity contribution < 1.29 is 4.79 Å². The molecule has 7 nitrogen and oxygen atoms in total. The van der Waals surface area contributed by atoms with E-state index in [0.29, 0.717) is 18.9 Å². The maximum Gasteiger partial charge on any atom is 0.248 e. The van der Waals surface area contributed by atoms with Gasteiger partial charge in [0.25, 0.3) is 0 Å². The van der Waals surface area contributed by atoms with Gasteiger partial charge in [-0.15, -0.1) is 5.10 Å². The van der Waals surface area contributed by atoms with Crippen molar-refractivity contribution in [1.82, 2.24) is 24.3 Å². The molecule has 1 aromatic carbocycles. The summed E-state index contributed by atoms with van der Waals surface area (Å²) in [6.07, 6.45) is 2.28. The van der Waals surface area contributed by atoms with Gasteiger partial charge >= 0.3 is 0 Å². The minimum absolute atomic E-state index is 0.0965. The summed E-state index contributed by atoms with van der Waals surface area (Å²) in [7, 11) is 1.80. The minimum atomic E-state index is -0.0965. The van der Waals surface area contributed by atoms with Crippen molar-refractivity contribution in [1.29, 1.82) is 0 Å². The maximum absolute atomic E-state index is 12.2. The first-order chi connectivity index (χ1) is 11.6. The molecule has 0 bridgehead atoms. The van der Waals surface area contributed by atoms with Gasteiger partial charge in [-0.1, -0.05) is 19.1 Å². The Bertz CT molecular complexity index is 844. The van der Waals surface area contributed by atoms with Crippen molar-refractivity contribution in [3.63, 3.8) is 0 Å². The zero-order valence-electron chi connectivity index (χ0n) is 14.3. The smallest absolute Gasteiger partial charge is 0.248 e. The molecule has 0 aliphatic carbocycles. The number of hydrogen-bond donors (Lipinski definition) is 1. The molecule has 0 radical (unpaired) electrons.